The minimum Gasteiger partial charge on any atom is -0.465 e. The summed E-state index contributed by atoms with van der Waals surface area (Å²) in [5.41, 5.74) is 0. The normalized spacial score (nSPS) is 41.7. The van der Waals surface area contributed by atoms with Crippen molar-refractivity contribution in [1.82, 2.24) is 0 Å². The van der Waals surface area contributed by atoms with E-state index in [1.165, 1.54) is 12.8 Å². The van der Waals surface area contributed by atoms with E-state index in [0.717, 1.165) is 12.8 Å². The average molecular weight is 389 g/mol. The first kappa shape index (κ1) is 20.0. The summed E-state index contributed by atoms with van der Waals surface area (Å²) in [6, 6.07) is 0. The predicted molar refractivity (Wildman–Crippen MR) is 107 cm³/mol. The maximum absolute atomic E-state index is 12.8. The van der Waals surface area contributed by atoms with Crippen molar-refractivity contribution in [3.8, 4) is 0 Å². The van der Waals surface area contributed by atoms with Crippen LogP contribution in [0.5, 0.6) is 0 Å². The Labute approximate surface area is 169 Å². The lowest BCUT2D eigenvalue weighted by molar-refractivity contribution is -0.159. The second-order valence-corrected chi connectivity index (χ2v) is 9.73. The molecule has 4 bridgehead atoms. The number of rotatable bonds is 8. The van der Waals surface area contributed by atoms with Crippen molar-refractivity contribution in [1.29, 1.82) is 0 Å². The Morgan fingerprint density at radius 3 is 1.64 bits per heavy atom. The molecule has 28 heavy (non-hydrogen) atoms. The molecule has 0 aromatic carbocycles. The highest BCUT2D eigenvalue weighted by molar-refractivity contribution is 5.74. The van der Waals surface area contributed by atoms with Gasteiger partial charge in [-0.1, -0.05) is 39.8 Å². The molecule has 3 saturated carbocycles. The van der Waals surface area contributed by atoms with Gasteiger partial charge in [0.1, 0.15) is 0 Å². The van der Waals surface area contributed by atoms with Gasteiger partial charge in [-0.15, -0.1) is 0 Å². The van der Waals surface area contributed by atoms with Gasteiger partial charge in [-0.2, -0.15) is 0 Å². The van der Waals surface area contributed by atoms with Crippen LogP contribution in [0.25, 0.3) is 0 Å². The fourth-order valence-corrected chi connectivity index (χ4v) is 7.52. The Morgan fingerprint density at radius 1 is 0.821 bits per heavy atom. The number of hydrogen-bond donors (Lipinski definition) is 0. The molecule has 4 aliphatic carbocycles. The third-order valence-corrected chi connectivity index (χ3v) is 8.34. The molecule has 0 heterocycles. The van der Waals surface area contributed by atoms with Crippen molar-refractivity contribution in [3.05, 3.63) is 12.2 Å². The first-order chi connectivity index (χ1) is 13.5. The van der Waals surface area contributed by atoms with Gasteiger partial charge in [0.2, 0.25) is 0 Å². The molecule has 0 aromatic rings. The summed E-state index contributed by atoms with van der Waals surface area (Å²) in [7, 11) is 0. The number of carbonyl (C=O) groups is 2. The molecule has 0 saturated heterocycles. The topological polar surface area (TPSA) is 52.6 Å². The van der Waals surface area contributed by atoms with Crippen molar-refractivity contribution in [3.63, 3.8) is 0 Å². The van der Waals surface area contributed by atoms with E-state index >= 15 is 0 Å². The molecular weight excluding hydrogens is 352 g/mol. The van der Waals surface area contributed by atoms with Crippen LogP contribution < -0.4 is 0 Å². The molecule has 10 unspecified atom stereocenters. The van der Waals surface area contributed by atoms with Crippen LogP contribution in [0, 0.1) is 59.2 Å². The Kier molecular flexibility index (Phi) is 5.59. The van der Waals surface area contributed by atoms with Crippen molar-refractivity contribution < 1.29 is 19.1 Å². The Bertz CT molecular complexity index is 589. The minimum absolute atomic E-state index is 0.0752. The number of esters is 2. The molecule has 4 nitrogen and oxygen atoms in total. The minimum atomic E-state index is -0.142. The number of carbonyl (C=O) groups excluding carboxylic acids is 2. The summed E-state index contributed by atoms with van der Waals surface area (Å²) < 4.78 is 11.1. The zero-order valence-corrected chi connectivity index (χ0v) is 17.8. The molecular formula is C24H36O4. The lowest BCUT2D eigenvalue weighted by Gasteiger charge is -2.45. The zero-order chi connectivity index (χ0) is 20.0. The molecule has 3 fully saturated rings. The van der Waals surface area contributed by atoms with E-state index in [1.807, 2.05) is 27.7 Å². The number of allylic oxidation sites excluding steroid dienone is 2. The number of fused-ring (bicyclic) bond motifs is 9. The van der Waals surface area contributed by atoms with E-state index in [9.17, 15) is 9.59 Å². The van der Waals surface area contributed by atoms with Gasteiger partial charge < -0.3 is 9.47 Å². The second kappa shape index (κ2) is 7.84. The molecule has 4 aliphatic rings. The fraction of sp³-hybridized carbons (Fsp3) is 0.833. The maximum atomic E-state index is 12.8. The van der Waals surface area contributed by atoms with Crippen LogP contribution in [-0.2, 0) is 19.1 Å². The third kappa shape index (κ3) is 3.02. The Hall–Kier alpha value is -1.32. The highest BCUT2D eigenvalue weighted by Crippen LogP contribution is 2.70. The fourth-order valence-electron chi connectivity index (χ4n) is 7.52. The molecule has 0 amide bonds. The van der Waals surface area contributed by atoms with Gasteiger partial charge in [0, 0.05) is 0 Å². The van der Waals surface area contributed by atoms with Gasteiger partial charge in [-0.25, -0.2) is 0 Å². The summed E-state index contributed by atoms with van der Waals surface area (Å²) >= 11 is 0. The van der Waals surface area contributed by atoms with Crippen LogP contribution in [0.2, 0.25) is 0 Å². The van der Waals surface area contributed by atoms with Crippen LogP contribution in [0.1, 0.15) is 53.4 Å². The first-order valence-corrected chi connectivity index (χ1v) is 11.5. The van der Waals surface area contributed by atoms with Gasteiger partial charge in [0.25, 0.3) is 0 Å². The lowest BCUT2D eigenvalue weighted by Crippen LogP contribution is -2.45. The molecule has 0 N–H and O–H groups in total. The third-order valence-electron chi connectivity index (χ3n) is 8.34. The van der Waals surface area contributed by atoms with Gasteiger partial charge in [0.05, 0.1) is 25.0 Å². The standard InChI is InChI=1S/C24H36O4/c1-5-9-27-23(25)13(3)19-17-12-18(20(19)14(4)24(26)28-10-6-2)22-16-8-7-15(11-16)21(17)22/h7-8,13-22H,5-6,9-12H2,1-4H3. The SMILES string of the molecule is CCCOC(=O)C(C)C1C2CC(C3C4C=CC(C4)C23)C1C(C)C(=O)OCCC. The van der Waals surface area contributed by atoms with E-state index in [1.54, 1.807) is 0 Å². The van der Waals surface area contributed by atoms with E-state index in [0.29, 0.717) is 48.7 Å². The highest BCUT2D eigenvalue weighted by Gasteiger charge is 2.67. The summed E-state index contributed by atoms with van der Waals surface area (Å²) in [4.78, 5) is 25.5. The number of hydrogen-bond acceptors (Lipinski definition) is 4. The molecule has 0 aromatic heterocycles. The van der Waals surface area contributed by atoms with E-state index in [-0.39, 0.29) is 35.6 Å². The molecule has 0 spiro atoms. The van der Waals surface area contributed by atoms with E-state index in [4.69, 9.17) is 9.47 Å². The quantitative estimate of drug-likeness (QED) is 0.349. The predicted octanol–water partition coefficient (Wildman–Crippen LogP) is 4.49. The number of ether oxygens (including phenoxy) is 2. The largest absolute Gasteiger partial charge is 0.465 e. The molecule has 4 rings (SSSR count). The van der Waals surface area contributed by atoms with Gasteiger partial charge in [-0.05, 0) is 73.0 Å². The Morgan fingerprint density at radius 2 is 1.25 bits per heavy atom. The van der Waals surface area contributed by atoms with Crippen molar-refractivity contribution in [2.24, 2.45) is 59.2 Å². The van der Waals surface area contributed by atoms with Crippen molar-refractivity contribution in [2.45, 2.75) is 53.4 Å². The molecule has 0 radical (unpaired) electrons. The van der Waals surface area contributed by atoms with Gasteiger partial charge >= 0.3 is 11.9 Å². The average Bonchev–Trinajstić information content (AvgIpc) is 3.46. The van der Waals surface area contributed by atoms with Crippen LogP contribution in [0.3, 0.4) is 0 Å². The van der Waals surface area contributed by atoms with Crippen LogP contribution in [0.4, 0.5) is 0 Å². The molecule has 156 valence electrons. The van der Waals surface area contributed by atoms with Crippen LogP contribution in [-0.4, -0.2) is 25.2 Å². The summed E-state index contributed by atoms with van der Waals surface area (Å²) in [6.07, 6.45) is 9.01. The summed E-state index contributed by atoms with van der Waals surface area (Å²) in [6.45, 7) is 9.11. The zero-order valence-electron chi connectivity index (χ0n) is 17.8. The summed E-state index contributed by atoms with van der Waals surface area (Å²) in [5.74, 6) is 3.94. The summed E-state index contributed by atoms with van der Waals surface area (Å²) in [5, 5.41) is 0. The molecule has 10 atom stereocenters. The van der Waals surface area contributed by atoms with Gasteiger partial charge in [0.15, 0.2) is 0 Å². The molecule has 4 heteroatoms. The maximum Gasteiger partial charge on any atom is 0.308 e. The monoisotopic (exact) mass is 388 g/mol. The van der Waals surface area contributed by atoms with E-state index < -0.39 is 0 Å². The second-order valence-electron chi connectivity index (χ2n) is 9.73. The molecule has 0 aliphatic heterocycles. The lowest BCUT2D eigenvalue weighted by atomic mass is 9.59. The Balaban J connectivity index is 1.59. The van der Waals surface area contributed by atoms with E-state index in [2.05, 4.69) is 12.2 Å². The van der Waals surface area contributed by atoms with Crippen molar-refractivity contribution in [2.75, 3.05) is 13.2 Å². The van der Waals surface area contributed by atoms with Crippen LogP contribution in [0.15, 0.2) is 12.2 Å². The highest BCUT2D eigenvalue weighted by atomic mass is 16.5. The smallest absolute Gasteiger partial charge is 0.308 e. The van der Waals surface area contributed by atoms with Crippen LogP contribution >= 0.6 is 0 Å². The van der Waals surface area contributed by atoms with Crippen molar-refractivity contribution >= 4 is 11.9 Å². The van der Waals surface area contributed by atoms with Gasteiger partial charge in [-0.3, -0.25) is 9.59 Å². The first-order valence-electron chi connectivity index (χ1n) is 11.5.